The lowest BCUT2D eigenvalue weighted by atomic mass is 9.95. The summed E-state index contributed by atoms with van der Waals surface area (Å²) in [4.78, 5) is 18.0. The molecule has 0 amide bonds. The zero-order chi connectivity index (χ0) is 24.1. The van der Waals surface area contributed by atoms with Gasteiger partial charge in [-0.05, 0) is 24.6 Å². The van der Waals surface area contributed by atoms with Gasteiger partial charge in [0.05, 0.1) is 19.8 Å². The van der Waals surface area contributed by atoms with Crippen molar-refractivity contribution in [2.24, 2.45) is 5.41 Å². The van der Waals surface area contributed by atoms with Crippen LogP contribution in [0.1, 0.15) is 45.3 Å². The largest absolute Gasteiger partial charge is 0.539 e. The van der Waals surface area contributed by atoms with E-state index < -0.39 is 18.0 Å². The van der Waals surface area contributed by atoms with Crippen LogP contribution in [0, 0.1) is 5.41 Å². The highest BCUT2D eigenvalue weighted by Crippen LogP contribution is 2.24. The van der Waals surface area contributed by atoms with Gasteiger partial charge >= 0.3 is 5.97 Å². The maximum atomic E-state index is 10.5. The summed E-state index contributed by atoms with van der Waals surface area (Å²) in [6.45, 7) is 12.9. The SMILES string of the molecule is C=CCOc1ccc(C(O)C(C)[NH2+]CCCC2OCC(C)(C)CO2)cc1.O=C([O-])C(=O)O. The van der Waals surface area contributed by atoms with Crippen molar-refractivity contribution in [2.75, 3.05) is 26.4 Å². The van der Waals surface area contributed by atoms with Gasteiger partial charge in [0.25, 0.3) is 0 Å². The third kappa shape index (κ3) is 10.7. The minimum absolute atomic E-state index is 0.0836. The second-order valence-electron chi connectivity index (χ2n) is 8.45. The van der Waals surface area contributed by atoms with Crippen LogP contribution < -0.4 is 15.2 Å². The Bertz CT molecular complexity index is 697. The Morgan fingerprint density at radius 1 is 1.31 bits per heavy atom. The summed E-state index contributed by atoms with van der Waals surface area (Å²) in [6.07, 6.45) is 3.01. The number of quaternary nitrogens is 1. The Labute approximate surface area is 189 Å². The summed E-state index contributed by atoms with van der Waals surface area (Å²) < 4.78 is 17.0. The van der Waals surface area contributed by atoms with Crippen molar-refractivity contribution in [2.45, 2.75) is 52.0 Å². The normalized spacial score (nSPS) is 17.4. The summed E-state index contributed by atoms with van der Waals surface area (Å²) in [7, 11) is 0. The van der Waals surface area contributed by atoms with E-state index in [1.54, 1.807) is 6.08 Å². The average Bonchev–Trinajstić information content (AvgIpc) is 2.76. The van der Waals surface area contributed by atoms with Gasteiger partial charge in [0.2, 0.25) is 0 Å². The Morgan fingerprint density at radius 3 is 2.38 bits per heavy atom. The van der Waals surface area contributed by atoms with Crippen LogP contribution in [-0.2, 0) is 19.1 Å². The van der Waals surface area contributed by atoms with Gasteiger partial charge in [0, 0.05) is 18.3 Å². The first-order valence-electron chi connectivity index (χ1n) is 10.6. The van der Waals surface area contributed by atoms with Gasteiger partial charge in [-0.2, -0.15) is 0 Å². The van der Waals surface area contributed by atoms with Crippen molar-refractivity contribution in [3.05, 3.63) is 42.5 Å². The zero-order valence-electron chi connectivity index (χ0n) is 19.0. The van der Waals surface area contributed by atoms with Crippen LogP contribution in [-0.4, -0.2) is 60.8 Å². The van der Waals surface area contributed by atoms with Crippen molar-refractivity contribution in [3.8, 4) is 5.75 Å². The summed E-state index contributed by atoms with van der Waals surface area (Å²) in [6, 6.07) is 7.68. The van der Waals surface area contributed by atoms with Gasteiger partial charge in [-0.1, -0.05) is 38.6 Å². The molecule has 0 aliphatic carbocycles. The molecule has 2 atom stereocenters. The van der Waals surface area contributed by atoms with E-state index in [0.717, 1.165) is 43.9 Å². The lowest BCUT2D eigenvalue weighted by Gasteiger charge is -2.34. The molecular formula is C23H35NO8. The van der Waals surface area contributed by atoms with Crippen LogP contribution >= 0.6 is 0 Å². The van der Waals surface area contributed by atoms with Crippen LogP contribution in [0.15, 0.2) is 36.9 Å². The molecule has 0 saturated carbocycles. The Hall–Kier alpha value is -2.46. The molecule has 0 radical (unpaired) electrons. The van der Waals surface area contributed by atoms with Gasteiger partial charge in [-0.3, -0.25) is 0 Å². The molecule has 1 saturated heterocycles. The van der Waals surface area contributed by atoms with Crippen molar-refractivity contribution < 1.29 is 44.4 Å². The van der Waals surface area contributed by atoms with E-state index in [-0.39, 0.29) is 17.7 Å². The highest BCUT2D eigenvalue weighted by atomic mass is 16.7. The maximum absolute atomic E-state index is 10.5. The number of hydrogen-bond donors (Lipinski definition) is 3. The first kappa shape index (κ1) is 27.6. The molecule has 180 valence electrons. The van der Waals surface area contributed by atoms with E-state index in [0.29, 0.717) is 6.61 Å². The second-order valence-corrected chi connectivity index (χ2v) is 8.45. The molecule has 32 heavy (non-hydrogen) atoms. The van der Waals surface area contributed by atoms with Gasteiger partial charge < -0.3 is 39.6 Å². The number of rotatable bonds is 10. The highest BCUT2D eigenvalue weighted by molar-refractivity contribution is 6.26. The van der Waals surface area contributed by atoms with Crippen molar-refractivity contribution >= 4 is 11.9 Å². The predicted molar refractivity (Wildman–Crippen MR) is 115 cm³/mol. The number of hydrogen-bond acceptors (Lipinski definition) is 7. The van der Waals surface area contributed by atoms with Crippen LogP contribution in [0.5, 0.6) is 5.75 Å². The lowest BCUT2D eigenvalue weighted by molar-refractivity contribution is -0.694. The smallest absolute Gasteiger partial charge is 0.351 e. The molecule has 0 aromatic heterocycles. The molecule has 1 aliphatic rings. The molecular weight excluding hydrogens is 418 g/mol. The van der Waals surface area contributed by atoms with E-state index in [9.17, 15) is 5.11 Å². The molecule has 1 aromatic carbocycles. The van der Waals surface area contributed by atoms with Gasteiger partial charge in [0.15, 0.2) is 12.3 Å². The third-order valence-corrected chi connectivity index (χ3v) is 4.76. The van der Waals surface area contributed by atoms with Gasteiger partial charge in [-0.15, -0.1) is 0 Å². The Morgan fingerprint density at radius 2 is 1.88 bits per heavy atom. The molecule has 1 fully saturated rings. The number of aliphatic hydroxyl groups is 1. The second kappa shape index (κ2) is 13.8. The number of aliphatic carboxylic acids is 2. The summed E-state index contributed by atoms with van der Waals surface area (Å²) in [5.41, 5.74) is 1.02. The Balaban J connectivity index is 0.000000751. The summed E-state index contributed by atoms with van der Waals surface area (Å²) in [5, 5.41) is 29.0. The maximum Gasteiger partial charge on any atom is 0.351 e. The standard InChI is InChI=1S/C21H33NO4.C2H2O4/c1-5-13-24-18-10-8-17(9-11-18)20(23)16(2)22-12-6-7-19-25-14-21(3,4)15-26-19;3-1(4)2(5)6/h5,8-11,16,19-20,22-23H,1,6-7,12-15H2,2-4H3;(H,3,4)(H,5,6). The van der Waals surface area contributed by atoms with E-state index in [2.05, 4.69) is 25.7 Å². The number of ether oxygens (including phenoxy) is 3. The van der Waals surface area contributed by atoms with Crippen molar-refractivity contribution in [1.29, 1.82) is 0 Å². The predicted octanol–water partition coefficient (Wildman–Crippen LogP) is 0.237. The van der Waals surface area contributed by atoms with Crippen LogP contribution in [0.2, 0.25) is 0 Å². The molecule has 2 rings (SSSR count). The monoisotopic (exact) mass is 453 g/mol. The summed E-state index contributed by atoms with van der Waals surface area (Å²) >= 11 is 0. The van der Waals surface area contributed by atoms with Crippen LogP contribution in [0.4, 0.5) is 0 Å². The number of carbonyl (C=O) groups excluding carboxylic acids is 1. The molecule has 0 spiro atoms. The van der Waals surface area contributed by atoms with Crippen LogP contribution in [0.3, 0.4) is 0 Å². The average molecular weight is 454 g/mol. The fourth-order valence-corrected chi connectivity index (χ4v) is 2.91. The van der Waals surface area contributed by atoms with Gasteiger partial charge in [0.1, 0.15) is 24.5 Å². The number of nitrogens with two attached hydrogens (primary N) is 1. The summed E-state index contributed by atoms with van der Waals surface area (Å²) in [5.74, 6) is -3.22. The highest BCUT2D eigenvalue weighted by Gasteiger charge is 2.28. The minimum atomic E-state index is -2.07. The number of carboxylic acids is 2. The zero-order valence-corrected chi connectivity index (χ0v) is 19.0. The number of benzene rings is 1. The first-order valence-corrected chi connectivity index (χ1v) is 10.6. The molecule has 1 aliphatic heterocycles. The molecule has 4 N–H and O–H groups in total. The fraction of sp³-hybridized carbons (Fsp3) is 0.565. The first-order chi connectivity index (χ1) is 15.1. The molecule has 1 heterocycles. The van der Waals surface area contributed by atoms with E-state index in [1.807, 2.05) is 31.2 Å². The van der Waals surface area contributed by atoms with E-state index >= 15 is 0 Å². The van der Waals surface area contributed by atoms with Crippen LogP contribution in [0.25, 0.3) is 0 Å². The molecule has 9 nitrogen and oxygen atoms in total. The van der Waals surface area contributed by atoms with Crippen molar-refractivity contribution in [1.82, 2.24) is 0 Å². The topological polar surface area (TPSA) is 142 Å². The number of carbonyl (C=O) groups is 2. The van der Waals surface area contributed by atoms with Gasteiger partial charge in [-0.25, -0.2) is 4.79 Å². The fourth-order valence-electron chi connectivity index (χ4n) is 2.91. The molecule has 0 bridgehead atoms. The minimum Gasteiger partial charge on any atom is -0.539 e. The lowest BCUT2D eigenvalue weighted by Crippen LogP contribution is -2.90. The number of aliphatic hydroxyl groups excluding tert-OH is 1. The quantitative estimate of drug-likeness (QED) is 0.260. The number of carboxylic acid groups (broad SMARTS) is 2. The molecule has 1 aromatic rings. The van der Waals surface area contributed by atoms with Crippen molar-refractivity contribution in [3.63, 3.8) is 0 Å². The molecule has 9 heteroatoms. The van der Waals surface area contributed by atoms with E-state index in [4.69, 9.17) is 34.0 Å². The molecule has 2 unspecified atom stereocenters. The third-order valence-electron chi connectivity index (χ3n) is 4.76. The Kier molecular flexibility index (Phi) is 11.9. The van der Waals surface area contributed by atoms with E-state index in [1.165, 1.54) is 0 Å².